The minimum atomic E-state index is -4.43. The van der Waals surface area contributed by atoms with E-state index < -0.39 is 17.7 Å². The number of esters is 1. The normalized spacial score (nSPS) is 12.6. The molecule has 0 aliphatic heterocycles. The minimum absolute atomic E-state index is 0.207. The van der Waals surface area contributed by atoms with Crippen LogP contribution in [0, 0.1) is 24.6 Å². The number of hydrogen-bond acceptors (Lipinski definition) is 3. The van der Waals surface area contributed by atoms with Gasteiger partial charge in [-0.1, -0.05) is 52.0 Å². The Bertz CT molecular complexity index is 1280. The summed E-state index contributed by atoms with van der Waals surface area (Å²) >= 11 is 0. The average Bonchev–Trinajstić information content (AvgIpc) is 2.90. The number of rotatable bonds is 12. The molecule has 0 N–H and O–H groups in total. The molecule has 3 aromatic rings. The summed E-state index contributed by atoms with van der Waals surface area (Å²) in [7, 11) is 0. The standard InChI is InChI=1S/C34H41F4NO2/c1-7-41-33(40)32(18-23(4)5)31-20-29(39(17-16-22(2)3)21-25-8-14-28(35)15-9-25)19-30(24(31)6)26-10-12-27(13-11-26)34(36,37)38/h8-15,19-20,22-23,32H,7,16-18,21H2,1-6H3. The molecule has 0 radical (unpaired) electrons. The molecular weight excluding hydrogens is 530 g/mol. The van der Waals surface area contributed by atoms with Crippen LogP contribution in [0.2, 0.25) is 0 Å². The summed E-state index contributed by atoms with van der Waals surface area (Å²) in [5, 5.41) is 0. The van der Waals surface area contributed by atoms with E-state index in [4.69, 9.17) is 4.74 Å². The third kappa shape index (κ3) is 8.82. The highest BCUT2D eigenvalue weighted by atomic mass is 19.4. The fourth-order valence-electron chi connectivity index (χ4n) is 4.99. The molecule has 1 atom stereocenters. The number of nitrogens with zero attached hydrogens (tertiary/aromatic N) is 1. The van der Waals surface area contributed by atoms with Gasteiger partial charge < -0.3 is 9.64 Å². The highest BCUT2D eigenvalue weighted by molar-refractivity contribution is 5.82. The van der Waals surface area contributed by atoms with Crippen molar-refractivity contribution < 1.29 is 27.1 Å². The van der Waals surface area contributed by atoms with Crippen LogP contribution in [-0.4, -0.2) is 19.1 Å². The van der Waals surface area contributed by atoms with Crippen LogP contribution in [0.4, 0.5) is 23.2 Å². The summed E-state index contributed by atoms with van der Waals surface area (Å²) in [4.78, 5) is 15.5. The Morgan fingerprint density at radius 1 is 0.927 bits per heavy atom. The molecule has 0 bridgehead atoms. The van der Waals surface area contributed by atoms with Crippen LogP contribution in [0.5, 0.6) is 0 Å². The number of anilines is 1. The third-order valence-corrected chi connectivity index (χ3v) is 7.24. The van der Waals surface area contributed by atoms with Gasteiger partial charge in [-0.25, -0.2) is 4.39 Å². The molecule has 0 aliphatic rings. The van der Waals surface area contributed by atoms with Gasteiger partial charge in [0, 0.05) is 18.8 Å². The molecule has 0 saturated carbocycles. The molecule has 41 heavy (non-hydrogen) atoms. The number of carbonyl (C=O) groups is 1. The van der Waals surface area contributed by atoms with Gasteiger partial charge in [0.25, 0.3) is 0 Å². The number of ether oxygens (including phenoxy) is 1. The lowest BCUT2D eigenvalue weighted by molar-refractivity contribution is -0.145. The van der Waals surface area contributed by atoms with Crippen molar-refractivity contribution in [2.75, 3.05) is 18.1 Å². The molecule has 3 rings (SSSR count). The molecule has 0 spiro atoms. The molecule has 0 aliphatic carbocycles. The van der Waals surface area contributed by atoms with E-state index in [0.29, 0.717) is 31.0 Å². The summed E-state index contributed by atoms with van der Waals surface area (Å²) in [5.41, 5.74) is 4.10. The second-order valence-corrected chi connectivity index (χ2v) is 11.4. The molecule has 7 heteroatoms. The zero-order valence-electron chi connectivity index (χ0n) is 24.8. The topological polar surface area (TPSA) is 29.5 Å². The first-order valence-corrected chi connectivity index (χ1v) is 14.3. The monoisotopic (exact) mass is 571 g/mol. The molecule has 0 aromatic heterocycles. The lowest BCUT2D eigenvalue weighted by Gasteiger charge is -2.30. The zero-order chi connectivity index (χ0) is 30.3. The fourth-order valence-corrected chi connectivity index (χ4v) is 4.99. The number of alkyl halides is 3. The predicted octanol–water partition coefficient (Wildman–Crippen LogP) is 9.57. The van der Waals surface area contributed by atoms with Crippen molar-refractivity contribution in [1.29, 1.82) is 0 Å². The Hall–Kier alpha value is -3.35. The van der Waals surface area contributed by atoms with Gasteiger partial charge >= 0.3 is 12.1 Å². The predicted molar refractivity (Wildman–Crippen MR) is 157 cm³/mol. The Labute approximate surface area is 241 Å². The maximum atomic E-state index is 13.6. The van der Waals surface area contributed by atoms with Gasteiger partial charge in [0.05, 0.1) is 18.1 Å². The number of halogens is 4. The molecule has 0 heterocycles. The van der Waals surface area contributed by atoms with Gasteiger partial charge in [-0.2, -0.15) is 13.2 Å². The molecule has 0 amide bonds. The molecule has 3 nitrogen and oxygen atoms in total. The van der Waals surface area contributed by atoms with Crippen LogP contribution in [0.1, 0.15) is 75.6 Å². The Balaban J connectivity index is 2.22. The van der Waals surface area contributed by atoms with Gasteiger partial charge in [-0.15, -0.1) is 0 Å². The minimum Gasteiger partial charge on any atom is -0.466 e. The first-order valence-electron chi connectivity index (χ1n) is 14.3. The molecule has 0 saturated heterocycles. The van der Waals surface area contributed by atoms with Gasteiger partial charge in [0.15, 0.2) is 0 Å². The summed E-state index contributed by atoms with van der Waals surface area (Å²) in [6.45, 7) is 13.5. The van der Waals surface area contributed by atoms with Gasteiger partial charge in [-0.3, -0.25) is 4.79 Å². The highest BCUT2D eigenvalue weighted by Gasteiger charge is 2.31. The van der Waals surface area contributed by atoms with E-state index in [1.54, 1.807) is 19.1 Å². The SMILES string of the molecule is CCOC(=O)C(CC(C)C)c1cc(N(CCC(C)C)Cc2ccc(F)cc2)cc(-c2ccc(C(F)(F)F)cc2)c1C. The van der Waals surface area contributed by atoms with E-state index in [1.165, 1.54) is 24.3 Å². The van der Waals surface area contributed by atoms with E-state index in [2.05, 4.69) is 18.7 Å². The number of carbonyl (C=O) groups excluding carboxylic acids is 1. The van der Waals surface area contributed by atoms with E-state index in [-0.39, 0.29) is 24.3 Å². The Kier molecular flexibility index (Phi) is 11.0. The van der Waals surface area contributed by atoms with Crippen molar-refractivity contribution in [2.45, 2.75) is 73.0 Å². The van der Waals surface area contributed by atoms with Crippen molar-refractivity contribution in [3.63, 3.8) is 0 Å². The Morgan fingerprint density at radius 3 is 2.10 bits per heavy atom. The van der Waals surface area contributed by atoms with Crippen molar-refractivity contribution in [1.82, 2.24) is 0 Å². The molecule has 1 unspecified atom stereocenters. The summed E-state index contributed by atoms with van der Waals surface area (Å²) in [5.74, 6) is -0.514. The summed E-state index contributed by atoms with van der Waals surface area (Å²) in [6.07, 6.45) is -2.97. The maximum Gasteiger partial charge on any atom is 0.416 e. The maximum absolute atomic E-state index is 13.6. The van der Waals surface area contributed by atoms with Crippen molar-refractivity contribution in [3.8, 4) is 11.1 Å². The van der Waals surface area contributed by atoms with Crippen LogP contribution >= 0.6 is 0 Å². The Morgan fingerprint density at radius 2 is 1.56 bits per heavy atom. The van der Waals surface area contributed by atoms with Crippen molar-refractivity contribution in [2.24, 2.45) is 11.8 Å². The molecule has 3 aromatic carbocycles. The van der Waals surface area contributed by atoms with E-state index >= 15 is 0 Å². The summed E-state index contributed by atoms with van der Waals surface area (Å²) in [6, 6.07) is 15.5. The lowest BCUT2D eigenvalue weighted by atomic mass is 9.84. The average molecular weight is 572 g/mol. The van der Waals surface area contributed by atoms with Gasteiger partial charge in [-0.05, 0) is 103 Å². The molecule has 0 fully saturated rings. The van der Waals surface area contributed by atoms with Crippen LogP contribution in [0.25, 0.3) is 11.1 Å². The fraction of sp³-hybridized carbons (Fsp3) is 0.441. The lowest BCUT2D eigenvalue weighted by Crippen LogP contribution is -2.26. The second kappa shape index (κ2) is 14.0. The first kappa shape index (κ1) is 32.2. The van der Waals surface area contributed by atoms with Crippen molar-refractivity contribution in [3.05, 3.63) is 88.7 Å². The summed E-state index contributed by atoms with van der Waals surface area (Å²) < 4.78 is 59.1. The van der Waals surface area contributed by atoms with Gasteiger partial charge in [0.2, 0.25) is 0 Å². The van der Waals surface area contributed by atoms with E-state index in [0.717, 1.165) is 46.5 Å². The largest absolute Gasteiger partial charge is 0.466 e. The van der Waals surface area contributed by atoms with Gasteiger partial charge in [0.1, 0.15) is 5.82 Å². The van der Waals surface area contributed by atoms with E-state index in [1.807, 2.05) is 32.9 Å². The van der Waals surface area contributed by atoms with Crippen LogP contribution in [0.15, 0.2) is 60.7 Å². The smallest absolute Gasteiger partial charge is 0.416 e. The van der Waals surface area contributed by atoms with E-state index in [9.17, 15) is 22.4 Å². The quantitative estimate of drug-likeness (QED) is 0.160. The van der Waals surface area contributed by atoms with Crippen LogP contribution in [0.3, 0.4) is 0 Å². The zero-order valence-corrected chi connectivity index (χ0v) is 24.8. The number of hydrogen-bond donors (Lipinski definition) is 0. The molecule has 222 valence electrons. The van der Waals surface area contributed by atoms with Crippen LogP contribution in [-0.2, 0) is 22.3 Å². The number of benzene rings is 3. The highest BCUT2D eigenvalue weighted by Crippen LogP contribution is 2.39. The third-order valence-electron chi connectivity index (χ3n) is 7.24. The van der Waals surface area contributed by atoms with Crippen molar-refractivity contribution >= 4 is 11.7 Å². The first-order chi connectivity index (χ1) is 19.3. The van der Waals surface area contributed by atoms with Crippen LogP contribution < -0.4 is 4.90 Å². The second-order valence-electron chi connectivity index (χ2n) is 11.4. The molecular formula is C34H41F4NO2.